The van der Waals surface area contributed by atoms with Crippen LogP contribution in [0.15, 0.2) is 18.2 Å². The van der Waals surface area contributed by atoms with E-state index in [9.17, 15) is 4.79 Å². The molecule has 134 valence electrons. The number of hydrogen-bond donors (Lipinski definition) is 1. The molecule has 1 amide bonds. The molecule has 5 heteroatoms. The van der Waals surface area contributed by atoms with Gasteiger partial charge in [0.2, 0.25) is 0 Å². The lowest BCUT2D eigenvalue weighted by atomic mass is 9.97. The lowest BCUT2D eigenvalue weighted by molar-refractivity contribution is 0.0994. The molecular formula is C20H26N2O3. The van der Waals surface area contributed by atoms with Crippen molar-refractivity contribution >= 4 is 16.8 Å². The van der Waals surface area contributed by atoms with Gasteiger partial charge in [0.15, 0.2) is 0 Å². The maximum atomic E-state index is 11.8. The molecular weight excluding hydrogens is 316 g/mol. The van der Waals surface area contributed by atoms with Crippen LogP contribution in [0.2, 0.25) is 0 Å². The number of aryl methyl sites for hydroxylation is 1. The number of nitrogens with zero attached hydrogens (tertiary/aromatic N) is 1. The van der Waals surface area contributed by atoms with Gasteiger partial charge in [0.05, 0.1) is 23.3 Å². The molecule has 0 radical (unpaired) electrons. The van der Waals surface area contributed by atoms with Crippen LogP contribution in [0.4, 0.5) is 0 Å². The van der Waals surface area contributed by atoms with Crippen LogP contribution in [-0.2, 0) is 0 Å². The molecule has 0 bridgehead atoms. The average molecular weight is 342 g/mol. The van der Waals surface area contributed by atoms with E-state index in [1.165, 1.54) is 19.3 Å². The maximum Gasteiger partial charge on any atom is 0.252 e. The highest BCUT2D eigenvalue weighted by Gasteiger charge is 2.19. The van der Waals surface area contributed by atoms with Crippen LogP contribution in [0.1, 0.15) is 62.0 Å². The summed E-state index contributed by atoms with van der Waals surface area (Å²) in [7, 11) is 0. The summed E-state index contributed by atoms with van der Waals surface area (Å²) in [5, 5.41) is 0.858. The molecule has 0 aliphatic heterocycles. The quantitative estimate of drug-likeness (QED) is 0.886. The number of ether oxygens (including phenoxy) is 2. The van der Waals surface area contributed by atoms with Crippen LogP contribution in [-0.4, -0.2) is 23.1 Å². The molecule has 0 saturated heterocycles. The lowest BCUT2D eigenvalue weighted by Gasteiger charge is -2.24. The van der Waals surface area contributed by atoms with Crippen LogP contribution >= 0.6 is 0 Å². The van der Waals surface area contributed by atoms with Crippen molar-refractivity contribution in [3.63, 3.8) is 0 Å². The molecule has 0 unspecified atom stereocenters. The summed E-state index contributed by atoms with van der Waals surface area (Å²) < 4.78 is 12.1. The molecule has 5 nitrogen and oxygen atoms in total. The van der Waals surface area contributed by atoms with Crippen molar-refractivity contribution in [2.45, 2.75) is 65.1 Å². The Bertz CT molecular complexity index is 780. The monoisotopic (exact) mass is 342 g/mol. The molecule has 1 aliphatic rings. The predicted octanol–water partition coefficient (Wildman–Crippen LogP) is 4.14. The van der Waals surface area contributed by atoms with Crippen molar-refractivity contribution in [1.82, 2.24) is 4.98 Å². The summed E-state index contributed by atoms with van der Waals surface area (Å²) in [5.74, 6) is 0.767. The highest BCUT2D eigenvalue weighted by atomic mass is 16.5. The molecule has 25 heavy (non-hydrogen) atoms. The van der Waals surface area contributed by atoms with E-state index in [1.54, 1.807) is 6.07 Å². The minimum Gasteiger partial charge on any atom is -0.490 e. The third-order valence-corrected chi connectivity index (χ3v) is 4.47. The maximum absolute atomic E-state index is 11.8. The number of nitrogens with two attached hydrogens (primary N) is 1. The molecule has 0 spiro atoms. The van der Waals surface area contributed by atoms with Crippen molar-refractivity contribution in [2.75, 3.05) is 0 Å². The SMILES string of the molecule is Cc1cc(OC2CCCCC2)c2cc(OC(C)C)c(C(N)=O)cc2n1. The van der Waals surface area contributed by atoms with Gasteiger partial charge in [-0.2, -0.15) is 0 Å². The number of hydrogen-bond acceptors (Lipinski definition) is 4. The van der Waals surface area contributed by atoms with Gasteiger partial charge >= 0.3 is 0 Å². The van der Waals surface area contributed by atoms with Gasteiger partial charge in [-0.25, -0.2) is 0 Å². The Morgan fingerprint density at radius 3 is 2.52 bits per heavy atom. The first-order valence-electron chi connectivity index (χ1n) is 9.02. The van der Waals surface area contributed by atoms with Gasteiger partial charge in [0, 0.05) is 17.1 Å². The average Bonchev–Trinajstić information content (AvgIpc) is 2.55. The Morgan fingerprint density at radius 2 is 1.88 bits per heavy atom. The third-order valence-electron chi connectivity index (χ3n) is 4.47. The third kappa shape index (κ3) is 4.03. The van der Waals surface area contributed by atoms with Crippen molar-refractivity contribution in [2.24, 2.45) is 5.73 Å². The van der Waals surface area contributed by atoms with Crippen molar-refractivity contribution in [3.8, 4) is 11.5 Å². The second-order valence-corrected chi connectivity index (χ2v) is 7.04. The largest absolute Gasteiger partial charge is 0.490 e. The molecule has 2 aromatic rings. The van der Waals surface area contributed by atoms with Crippen LogP contribution in [0, 0.1) is 6.92 Å². The summed E-state index contributed by atoms with van der Waals surface area (Å²) in [4.78, 5) is 16.4. The van der Waals surface area contributed by atoms with E-state index in [1.807, 2.05) is 32.9 Å². The molecule has 1 saturated carbocycles. The zero-order valence-electron chi connectivity index (χ0n) is 15.2. The summed E-state index contributed by atoms with van der Waals surface area (Å²) >= 11 is 0. The Labute approximate surface area is 148 Å². The molecule has 1 fully saturated rings. The van der Waals surface area contributed by atoms with Gasteiger partial charge in [0.1, 0.15) is 11.5 Å². The second-order valence-electron chi connectivity index (χ2n) is 7.04. The summed E-state index contributed by atoms with van der Waals surface area (Å²) in [6, 6.07) is 5.50. The fourth-order valence-corrected chi connectivity index (χ4v) is 3.35. The minimum atomic E-state index is -0.518. The second kappa shape index (κ2) is 7.30. The van der Waals surface area contributed by atoms with Crippen molar-refractivity contribution < 1.29 is 14.3 Å². The van der Waals surface area contributed by atoms with E-state index in [2.05, 4.69) is 4.98 Å². The fourth-order valence-electron chi connectivity index (χ4n) is 3.35. The highest BCUT2D eigenvalue weighted by molar-refractivity contribution is 6.01. The number of carbonyl (C=O) groups excluding carboxylic acids is 1. The normalized spacial score (nSPS) is 15.5. The first kappa shape index (κ1) is 17.5. The minimum absolute atomic E-state index is 0.0586. The molecule has 1 aliphatic carbocycles. The standard InChI is InChI=1S/C20H26N2O3/c1-12(2)24-19-11-15-17(10-16(19)20(21)23)22-13(3)9-18(15)25-14-7-5-4-6-8-14/h9-12,14H,4-8H2,1-3H3,(H2,21,23). The van der Waals surface area contributed by atoms with E-state index in [-0.39, 0.29) is 12.2 Å². The topological polar surface area (TPSA) is 74.4 Å². The zero-order chi connectivity index (χ0) is 18.0. The number of fused-ring (bicyclic) bond motifs is 1. The van der Waals surface area contributed by atoms with Crippen molar-refractivity contribution in [3.05, 3.63) is 29.5 Å². The predicted molar refractivity (Wildman–Crippen MR) is 98.3 cm³/mol. The van der Waals surface area contributed by atoms with E-state index in [4.69, 9.17) is 15.2 Å². The Morgan fingerprint density at radius 1 is 1.16 bits per heavy atom. The van der Waals surface area contributed by atoms with E-state index in [0.29, 0.717) is 16.8 Å². The van der Waals surface area contributed by atoms with Crippen LogP contribution in [0.3, 0.4) is 0 Å². The van der Waals surface area contributed by atoms with Gasteiger partial charge < -0.3 is 15.2 Å². The lowest BCUT2D eigenvalue weighted by Crippen LogP contribution is -2.20. The summed E-state index contributed by atoms with van der Waals surface area (Å²) in [5.41, 5.74) is 7.44. The molecule has 3 rings (SSSR count). The first-order chi connectivity index (χ1) is 11.9. The smallest absolute Gasteiger partial charge is 0.252 e. The molecule has 0 atom stereocenters. The molecule has 1 aromatic carbocycles. The summed E-state index contributed by atoms with van der Waals surface area (Å²) in [6.45, 7) is 5.76. The number of rotatable bonds is 5. The number of carbonyl (C=O) groups is 1. The molecule has 2 N–H and O–H groups in total. The van der Waals surface area contributed by atoms with Crippen molar-refractivity contribution in [1.29, 1.82) is 0 Å². The Kier molecular flexibility index (Phi) is 5.11. The van der Waals surface area contributed by atoms with E-state index < -0.39 is 5.91 Å². The van der Waals surface area contributed by atoms with Crippen LogP contribution < -0.4 is 15.2 Å². The highest BCUT2D eigenvalue weighted by Crippen LogP contribution is 2.34. The Balaban J connectivity index is 2.07. The molecule has 1 heterocycles. The summed E-state index contributed by atoms with van der Waals surface area (Å²) in [6.07, 6.45) is 6.04. The van der Waals surface area contributed by atoms with Crippen LogP contribution in [0.5, 0.6) is 11.5 Å². The van der Waals surface area contributed by atoms with Gasteiger partial charge in [-0.1, -0.05) is 6.42 Å². The Hall–Kier alpha value is -2.30. The van der Waals surface area contributed by atoms with E-state index >= 15 is 0 Å². The first-order valence-corrected chi connectivity index (χ1v) is 9.02. The number of benzene rings is 1. The zero-order valence-corrected chi connectivity index (χ0v) is 15.2. The van der Waals surface area contributed by atoms with Gasteiger partial charge in [-0.05, 0) is 58.6 Å². The van der Waals surface area contributed by atoms with Gasteiger partial charge in [-0.15, -0.1) is 0 Å². The van der Waals surface area contributed by atoms with Gasteiger partial charge in [0.25, 0.3) is 5.91 Å². The number of amides is 1. The number of aromatic nitrogens is 1. The van der Waals surface area contributed by atoms with Crippen LogP contribution in [0.25, 0.3) is 10.9 Å². The van der Waals surface area contributed by atoms with E-state index in [0.717, 1.165) is 29.7 Å². The number of pyridine rings is 1. The molecule has 1 aromatic heterocycles. The van der Waals surface area contributed by atoms with Gasteiger partial charge in [-0.3, -0.25) is 9.78 Å². The number of primary amides is 1. The fraction of sp³-hybridized carbons (Fsp3) is 0.500.